The maximum atomic E-state index is 13.0. The van der Waals surface area contributed by atoms with Crippen molar-refractivity contribution in [3.63, 3.8) is 0 Å². The highest BCUT2D eigenvalue weighted by Crippen LogP contribution is 2.37. The summed E-state index contributed by atoms with van der Waals surface area (Å²) in [5.41, 5.74) is 2.18. The summed E-state index contributed by atoms with van der Waals surface area (Å²) < 4.78 is 27.8. The molecule has 0 saturated heterocycles. The lowest BCUT2D eigenvalue weighted by atomic mass is 9.88. The number of rotatable bonds is 4. The number of carbonyl (C=O) groups excluding carboxylic acids is 1. The third-order valence-electron chi connectivity index (χ3n) is 4.62. The molecule has 0 unspecified atom stereocenters. The lowest BCUT2D eigenvalue weighted by Gasteiger charge is -2.38. The Bertz CT molecular complexity index is 722. The fourth-order valence-electron chi connectivity index (χ4n) is 3.39. The molecule has 3 heterocycles. The van der Waals surface area contributed by atoms with Crippen LogP contribution >= 0.6 is 11.3 Å². The Balaban J connectivity index is 1.46. The van der Waals surface area contributed by atoms with Crippen molar-refractivity contribution in [3.8, 4) is 0 Å². The Kier molecular flexibility index (Phi) is 3.88. The van der Waals surface area contributed by atoms with Crippen LogP contribution in [-0.4, -0.2) is 38.9 Å². The molecular weight excluding hydrogens is 334 g/mol. The maximum Gasteiger partial charge on any atom is 0.252 e. The zero-order valence-corrected chi connectivity index (χ0v) is 13.8. The molecule has 0 radical (unpaired) electrons. The molecule has 128 valence electrons. The third-order valence-corrected chi connectivity index (χ3v) is 5.36. The number of thiophene rings is 1. The smallest absolute Gasteiger partial charge is 0.252 e. The summed E-state index contributed by atoms with van der Waals surface area (Å²) in [5, 5.41) is 6.89. The lowest BCUT2D eigenvalue weighted by Crippen LogP contribution is -2.53. The first-order valence-corrected chi connectivity index (χ1v) is 8.87. The number of halogens is 2. The van der Waals surface area contributed by atoms with Crippen LogP contribution in [0.4, 0.5) is 8.78 Å². The van der Waals surface area contributed by atoms with Crippen LogP contribution in [0.15, 0.2) is 29.4 Å². The SMILES string of the molecule is O=C(NC1CC(F)(F)C1)[C@@H]1CN(Cc2ccsc2)Cc2cncn21. The Morgan fingerprint density at radius 2 is 2.29 bits per heavy atom. The molecule has 2 aromatic heterocycles. The summed E-state index contributed by atoms with van der Waals surface area (Å²) >= 11 is 1.65. The largest absolute Gasteiger partial charge is 0.351 e. The molecule has 2 aliphatic rings. The second kappa shape index (κ2) is 5.93. The van der Waals surface area contributed by atoms with Gasteiger partial charge in [-0.1, -0.05) is 0 Å². The number of nitrogens with zero attached hydrogens (tertiary/aromatic N) is 3. The van der Waals surface area contributed by atoms with E-state index in [4.69, 9.17) is 0 Å². The number of aromatic nitrogens is 2. The molecule has 1 saturated carbocycles. The van der Waals surface area contributed by atoms with Gasteiger partial charge in [-0.25, -0.2) is 13.8 Å². The minimum atomic E-state index is -2.63. The van der Waals surface area contributed by atoms with Gasteiger partial charge in [-0.2, -0.15) is 11.3 Å². The molecule has 4 rings (SSSR count). The van der Waals surface area contributed by atoms with Crippen LogP contribution in [0.25, 0.3) is 0 Å². The van der Waals surface area contributed by atoms with E-state index >= 15 is 0 Å². The molecule has 1 atom stereocenters. The van der Waals surface area contributed by atoms with E-state index in [1.54, 1.807) is 23.9 Å². The summed E-state index contributed by atoms with van der Waals surface area (Å²) in [6.07, 6.45) is 2.89. The number of nitrogens with one attached hydrogen (secondary N) is 1. The molecule has 1 aliphatic carbocycles. The number of amides is 1. The molecular formula is C16H18F2N4OS. The van der Waals surface area contributed by atoms with E-state index in [0.717, 1.165) is 18.8 Å². The van der Waals surface area contributed by atoms with Crippen molar-refractivity contribution in [3.05, 3.63) is 40.6 Å². The number of hydrogen-bond acceptors (Lipinski definition) is 4. The van der Waals surface area contributed by atoms with Crippen molar-refractivity contribution in [2.75, 3.05) is 6.54 Å². The molecule has 24 heavy (non-hydrogen) atoms. The Labute approximate surface area is 142 Å². The Morgan fingerprint density at radius 3 is 3.00 bits per heavy atom. The molecule has 0 bridgehead atoms. The number of imidazole rings is 1. The van der Waals surface area contributed by atoms with Crippen LogP contribution in [-0.2, 0) is 17.9 Å². The van der Waals surface area contributed by atoms with Gasteiger partial charge in [0.1, 0.15) is 6.04 Å². The van der Waals surface area contributed by atoms with Crippen molar-refractivity contribution < 1.29 is 13.6 Å². The molecule has 1 amide bonds. The van der Waals surface area contributed by atoms with Crippen LogP contribution in [0, 0.1) is 0 Å². The molecule has 1 N–H and O–H groups in total. The zero-order chi connectivity index (χ0) is 16.7. The van der Waals surface area contributed by atoms with Gasteiger partial charge < -0.3 is 9.88 Å². The molecule has 0 spiro atoms. The van der Waals surface area contributed by atoms with Gasteiger partial charge in [0.05, 0.1) is 12.0 Å². The number of carbonyl (C=O) groups is 1. The fourth-order valence-corrected chi connectivity index (χ4v) is 4.05. The molecule has 1 aliphatic heterocycles. The van der Waals surface area contributed by atoms with E-state index in [1.807, 2.05) is 9.95 Å². The van der Waals surface area contributed by atoms with Crippen molar-refractivity contribution in [1.82, 2.24) is 19.8 Å². The summed E-state index contributed by atoms with van der Waals surface area (Å²) in [7, 11) is 0. The number of hydrogen-bond donors (Lipinski definition) is 1. The highest BCUT2D eigenvalue weighted by Gasteiger charge is 2.46. The van der Waals surface area contributed by atoms with Gasteiger partial charge in [0.2, 0.25) is 5.91 Å². The van der Waals surface area contributed by atoms with Crippen LogP contribution in [0.5, 0.6) is 0 Å². The number of fused-ring (bicyclic) bond motifs is 1. The van der Waals surface area contributed by atoms with E-state index in [0.29, 0.717) is 6.54 Å². The first-order chi connectivity index (χ1) is 11.5. The minimum Gasteiger partial charge on any atom is -0.351 e. The molecule has 1 fully saturated rings. The van der Waals surface area contributed by atoms with Crippen molar-refractivity contribution >= 4 is 17.2 Å². The molecule has 2 aromatic rings. The van der Waals surface area contributed by atoms with Crippen molar-refractivity contribution in [1.29, 1.82) is 0 Å². The monoisotopic (exact) mass is 352 g/mol. The van der Waals surface area contributed by atoms with Gasteiger partial charge in [0.25, 0.3) is 5.92 Å². The van der Waals surface area contributed by atoms with Crippen molar-refractivity contribution in [2.45, 2.75) is 43.9 Å². The summed E-state index contributed by atoms with van der Waals surface area (Å²) in [6, 6.07) is 1.22. The van der Waals surface area contributed by atoms with Gasteiger partial charge in [-0.15, -0.1) is 0 Å². The zero-order valence-electron chi connectivity index (χ0n) is 13.0. The maximum absolute atomic E-state index is 13.0. The quantitative estimate of drug-likeness (QED) is 0.919. The van der Waals surface area contributed by atoms with Crippen molar-refractivity contribution in [2.24, 2.45) is 0 Å². The van der Waals surface area contributed by atoms with E-state index in [1.165, 1.54) is 5.56 Å². The normalized spacial score (nSPS) is 23.5. The number of alkyl halides is 2. The van der Waals surface area contributed by atoms with Gasteiger partial charge in [-0.05, 0) is 22.4 Å². The van der Waals surface area contributed by atoms with E-state index in [-0.39, 0.29) is 18.7 Å². The predicted octanol–water partition coefficient (Wildman–Crippen LogP) is 2.42. The Morgan fingerprint density at radius 1 is 1.46 bits per heavy atom. The first kappa shape index (κ1) is 15.7. The van der Waals surface area contributed by atoms with Gasteiger partial charge in [0, 0.05) is 44.7 Å². The highest BCUT2D eigenvalue weighted by atomic mass is 32.1. The fraction of sp³-hybridized carbons (Fsp3) is 0.500. The van der Waals surface area contributed by atoms with Crippen LogP contribution < -0.4 is 5.32 Å². The van der Waals surface area contributed by atoms with Crippen LogP contribution in [0.2, 0.25) is 0 Å². The lowest BCUT2D eigenvalue weighted by molar-refractivity contribution is -0.133. The Hall–Kier alpha value is -1.80. The van der Waals surface area contributed by atoms with Crippen LogP contribution in [0.3, 0.4) is 0 Å². The second-order valence-corrected chi connectivity index (χ2v) is 7.36. The minimum absolute atomic E-state index is 0.204. The third kappa shape index (κ3) is 3.08. The van der Waals surface area contributed by atoms with Gasteiger partial charge in [-0.3, -0.25) is 9.69 Å². The molecule has 8 heteroatoms. The van der Waals surface area contributed by atoms with E-state index in [9.17, 15) is 13.6 Å². The van der Waals surface area contributed by atoms with E-state index < -0.39 is 18.0 Å². The van der Waals surface area contributed by atoms with Gasteiger partial charge >= 0.3 is 0 Å². The average molecular weight is 352 g/mol. The predicted molar refractivity (Wildman–Crippen MR) is 85.8 cm³/mol. The van der Waals surface area contributed by atoms with Gasteiger partial charge in [0.15, 0.2) is 0 Å². The van der Waals surface area contributed by atoms with Crippen LogP contribution in [0.1, 0.15) is 30.1 Å². The topological polar surface area (TPSA) is 50.2 Å². The molecule has 5 nitrogen and oxygen atoms in total. The highest BCUT2D eigenvalue weighted by molar-refractivity contribution is 7.07. The summed E-state index contributed by atoms with van der Waals surface area (Å²) in [6.45, 7) is 2.04. The first-order valence-electron chi connectivity index (χ1n) is 7.92. The summed E-state index contributed by atoms with van der Waals surface area (Å²) in [5.74, 6) is -2.83. The summed E-state index contributed by atoms with van der Waals surface area (Å²) in [4.78, 5) is 18.9. The second-order valence-electron chi connectivity index (χ2n) is 6.58. The average Bonchev–Trinajstić information content (AvgIpc) is 3.15. The standard InChI is InChI=1S/C16H18F2N4OS/c17-16(18)3-12(4-16)20-15(23)14-8-21(6-11-1-2-24-9-11)7-13-5-19-10-22(13)14/h1-2,5,9-10,12,14H,3-4,6-8H2,(H,20,23)/t14-/m0/s1. The molecule has 0 aromatic carbocycles. The van der Waals surface area contributed by atoms with E-state index in [2.05, 4.69) is 26.6 Å².